The van der Waals surface area contributed by atoms with E-state index in [1.54, 1.807) is 11.3 Å². The fourth-order valence-corrected chi connectivity index (χ4v) is 2.50. The maximum atomic E-state index is 10.0. The van der Waals surface area contributed by atoms with E-state index in [1.165, 1.54) is 4.88 Å². The van der Waals surface area contributed by atoms with Crippen molar-refractivity contribution in [2.75, 3.05) is 13.1 Å². The zero-order valence-electron chi connectivity index (χ0n) is 11.9. The molecule has 104 valence electrons. The summed E-state index contributed by atoms with van der Waals surface area (Å²) in [6.45, 7) is 10.8. The third-order valence-electron chi connectivity index (χ3n) is 2.88. The molecule has 1 rings (SSSR count). The molecule has 0 saturated carbocycles. The van der Waals surface area contributed by atoms with E-state index in [9.17, 15) is 5.11 Å². The molecule has 1 unspecified atom stereocenters. The van der Waals surface area contributed by atoms with Crippen molar-refractivity contribution < 1.29 is 5.11 Å². The molecule has 18 heavy (non-hydrogen) atoms. The van der Waals surface area contributed by atoms with Gasteiger partial charge in [-0.25, -0.2) is 0 Å². The molecule has 1 atom stereocenters. The first-order valence-electron chi connectivity index (χ1n) is 6.67. The second-order valence-corrected chi connectivity index (χ2v) is 6.35. The number of aliphatic hydroxyl groups excluding tert-OH is 1. The van der Waals surface area contributed by atoms with Crippen LogP contribution in [0.4, 0.5) is 0 Å². The lowest BCUT2D eigenvalue weighted by Gasteiger charge is -2.28. The first kappa shape index (κ1) is 15.6. The summed E-state index contributed by atoms with van der Waals surface area (Å²) >= 11 is 1.78. The molecule has 0 fully saturated rings. The number of rotatable bonds is 8. The minimum Gasteiger partial charge on any atom is -0.390 e. The zero-order chi connectivity index (χ0) is 13.5. The lowest BCUT2D eigenvalue weighted by Crippen LogP contribution is -2.42. The number of aliphatic hydroxyl groups is 1. The molecule has 1 aromatic heterocycles. The topological polar surface area (TPSA) is 35.5 Å². The summed E-state index contributed by atoms with van der Waals surface area (Å²) in [5.41, 5.74) is 0. The standard InChI is InChI=1S/C14H26N2OS/c1-11(2)15-8-13(17)9-16(12(3)4)10-14-6-5-7-18-14/h5-7,11-13,15,17H,8-10H2,1-4H3. The lowest BCUT2D eigenvalue weighted by molar-refractivity contribution is 0.0893. The average Bonchev–Trinajstić information content (AvgIpc) is 2.78. The van der Waals surface area contributed by atoms with Crippen LogP contribution in [0.15, 0.2) is 17.5 Å². The van der Waals surface area contributed by atoms with Gasteiger partial charge in [0.15, 0.2) is 0 Å². The fraction of sp³-hybridized carbons (Fsp3) is 0.714. The van der Waals surface area contributed by atoms with Gasteiger partial charge in [-0.15, -0.1) is 11.3 Å². The summed E-state index contributed by atoms with van der Waals surface area (Å²) in [5, 5.41) is 15.4. The Morgan fingerprint density at radius 1 is 1.33 bits per heavy atom. The minimum atomic E-state index is -0.310. The molecule has 1 aromatic rings. The van der Waals surface area contributed by atoms with Crippen molar-refractivity contribution in [2.45, 2.75) is 52.4 Å². The lowest BCUT2D eigenvalue weighted by atomic mass is 10.2. The third-order valence-corrected chi connectivity index (χ3v) is 3.74. The Balaban J connectivity index is 2.42. The van der Waals surface area contributed by atoms with Crippen LogP contribution in [0.2, 0.25) is 0 Å². The molecular formula is C14H26N2OS. The van der Waals surface area contributed by atoms with Crippen LogP contribution in [0.3, 0.4) is 0 Å². The number of hydrogen-bond donors (Lipinski definition) is 2. The van der Waals surface area contributed by atoms with Crippen molar-refractivity contribution >= 4 is 11.3 Å². The molecule has 0 spiro atoms. The van der Waals surface area contributed by atoms with Gasteiger partial charge in [0.1, 0.15) is 0 Å². The predicted octanol–water partition coefficient (Wildman–Crippen LogP) is 2.32. The third kappa shape index (κ3) is 5.96. The molecule has 0 amide bonds. The first-order chi connectivity index (χ1) is 8.49. The van der Waals surface area contributed by atoms with Crippen molar-refractivity contribution in [3.8, 4) is 0 Å². The molecule has 0 aromatic carbocycles. The van der Waals surface area contributed by atoms with Crippen LogP contribution in [0, 0.1) is 0 Å². The maximum absolute atomic E-state index is 10.0. The largest absolute Gasteiger partial charge is 0.390 e. The molecular weight excluding hydrogens is 244 g/mol. The highest BCUT2D eigenvalue weighted by molar-refractivity contribution is 7.09. The van der Waals surface area contributed by atoms with Crippen molar-refractivity contribution in [3.05, 3.63) is 22.4 Å². The average molecular weight is 270 g/mol. The van der Waals surface area contributed by atoms with Gasteiger partial charge < -0.3 is 10.4 Å². The fourth-order valence-electron chi connectivity index (χ4n) is 1.77. The SMILES string of the molecule is CC(C)NCC(O)CN(Cc1cccs1)C(C)C. The van der Waals surface area contributed by atoms with Crippen molar-refractivity contribution in [1.29, 1.82) is 0 Å². The van der Waals surface area contributed by atoms with Crippen molar-refractivity contribution in [1.82, 2.24) is 10.2 Å². The summed E-state index contributed by atoms with van der Waals surface area (Å²) in [7, 11) is 0. The normalized spacial score (nSPS) is 13.8. The highest BCUT2D eigenvalue weighted by atomic mass is 32.1. The molecule has 0 radical (unpaired) electrons. The van der Waals surface area contributed by atoms with E-state index in [1.807, 2.05) is 0 Å². The molecule has 1 heterocycles. The van der Waals surface area contributed by atoms with Gasteiger partial charge >= 0.3 is 0 Å². The van der Waals surface area contributed by atoms with E-state index in [-0.39, 0.29) is 6.10 Å². The van der Waals surface area contributed by atoms with Crippen LogP contribution < -0.4 is 5.32 Å². The maximum Gasteiger partial charge on any atom is 0.0791 e. The van der Waals surface area contributed by atoms with E-state index >= 15 is 0 Å². The van der Waals surface area contributed by atoms with E-state index in [0.29, 0.717) is 18.6 Å². The second kappa shape index (κ2) is 7.89. The Morgan fingerprint density at radius 2 is 2.06 bits per heavy atom. The Labute approximate surface area is 115 Å². The van der Waals surface area contributed by atoms with Crippen LogP contribution in [-0.4, -0.2) is 41.3 Å². The van der Waals surface area contributed by atoms with Gasteiger partial charge in [-0.05, 0) is 25.3 Å². The molecule has 0 aliphatic carbocycles. The van der Waals surface area contributed by atoms with E-state index < -0.39 is 0 Å². The molecule has 2 N–H and O–H groups in total. The number of nitrogens with one attached hydrogen (secondary N) is 1. The van der Waals surface area contributed by atoms with Crippen LogP contribution in [0.25, 0.3) is 0 Å². The molecule has 0 aliphatic heterocycles. The molecule has 0 aliphatic rings. The van der Waals surface area contributed by atoms with E-state index in [0.717, 1.165) is 13.1 Å². The van der Waals surface area contributed by atoms with Gasteiger partial charge in [-0.3, -0.25) is 4.90 Å². The van der Waals surface area contributed by atoms with Crippen LogP contribution in [0.1, 0.15) is 32.6 Å². The first-order valence-corrected chi connectivity index (χ1v) is 7.55. The number of nitrogens with zero attached hydrogens (tertiary/aromatic N) is 1. The number of thiophene rings is 1. The quantitative estimate of drug-likeness (QED) is 0.761. The Bertz CT molecular complexity index is 312. The van der Waals surface area contributed by atoms with Gasteiger partial charge in [0.05, 0.1) is 6.10 Å². The highest BCUT2D eigenvalue weighted by Crippen LogP contribution is 2.14. The minimum absolute atomic E-state index is 0.310. The number of hydrogen-bond acceptors (Lipinski definition) is 4. The van der Waals surface area contributed by atoms with E-state index in [4.69, 9.17) is 0 Å². The monoisotopic (exact) mass is 270 g/mol. The smallest absolute Gasteiger partial charge is 0.0791 e. The zero-order valence-corrected chi connectivity index (χ0v) is 12.7. The Hall–Kier alpha value is -0.420. The van der Waals surface area contributed by atoms with Crippen molar-refractivity contribution in [2.24, 2.45) is 0 Å². The molecule has 0 saturated heterocycles. The van der Waals surface area contributed by atoms with Crippen LogP contribution >= 0.6 is 11.3 Å². The molecule has 0 bridgehead atoms. The summed E-state index contributed by atoms with van der Waals surface area (Å²) in [6, 6.07) is 5.10. The van der Waals surface area contributed by atoms with Gasteiger partial charge in [0, 0.05) is 36.6 Å². The van der Waals surface area contributed by atoms with Crippen LogP contribution in [-0.2, 0) is 6.54 Å². The summed E-state index contributed by atoms with van der Waals surface area (Å²) in [6.07, 6.45) is -0.310. The highest BCUT2D eigenvalue weighted by Gasteiger charge is 2.15. The second-order valence-electron chi connectivity index (χ2n) is 5.32. The van der Waals surface area contributed by atoms with Gasteiger partial charge in [0.2, 0.25) is 0 Å². The molecule has 4 heteroatoms. The Kier molecular flexibility index (Phi) is 6.86. The van der Waals surface area contributed by atoms with Gasteiger partial charge in [0.25, 0.3) is 0 Å². The van der Waals surface area contributed by atoms with Crippen LogP contribution in [0.5, 0.6) is 0 Å². The molecule has 3 nitrogen and oxygen atoms in total. The summed E-state index contributed by atoms with van der Waals surface area (Å²) in [5.74, 6) is 0. The van der Waals surface area contributed by atoms with Crippen molar-refractivity contribution in [3.63, 3.8) is 0 Å². The van der Waals surface area contributed by atoms with Gasteiger partial charge in [-0.1, -0.05) is 19.9 Å². The van der Waals surface area contributed by atoms with Gasteiger partial charge in [-0.2, -0.15) is 0 Å². The van der Waals surface area contributed by atoms with E-state index in [2.05, 4.69) is 55.4 Å². The Morgan fingerprint density at radius 3 is 2.56 bits per heavy atom. The summed E-state index contributed by atoms with van der Waals surface area (Å²) in [4.78, 5) is 3.67. The summed E-state index contributed by atoms with van der Waals surface area (Å²) < 4.78 is 0. The predicted molar refractivity (Wildman–Crippen MR) is 79.0 cm³/mol.